The van der Waals surface area contributed by atoms with Gasteiger partial charge in [0.1, 0.15) is 0 Å². The van der Waals surface area contributed by atoms with Gasteiger partial charge >= 0.3 is 0 Å². The van der Waals surface area contributed by atoms with E-state index in [1.54, 1.807) is 13.3 Å². The molecular weight excluding hydrogens is 154 g/mol. The highest BCUT2D eigenvalue weighted by molar-refractivity contribution is 5.28. The predicted molar refractivity (Wildman–Crippen MR) is 46.6 cm³/mol. The van der Waals surface area contributed by atoms with E-state index in [4.69, 9.17) is 10.6 Å². The average Bonchev–Trinajstić information content (AvgIpc) is 2.05. The molecule has 1 aromatic rings. The molecule has 0 saturated carbocycles. The SMILES string of the molecule is COc1ncc(CNN)cc1C. The fourth-order valence-electron chi connectivity index (χ4n) is 1.05. The first kappa shape index (κ1) is 8.96. The van der Waals surface area contributed by atoms with E-state index in [0.717, 1.165) is 11.1 Å². The van der Waals surface area contributed by atoms with Crippen molar-refractivity contribution in [2.75, 3.05) is 7.11 Å². The van der Waals surface area contributed by atoms with Gasteiger partial charge in [-0.3, -0.25) is 11.3 Å². The van der Waals surface area contributed by atoms with Crippen molar-refractivity contribution in [3.05, 3.63) is 23.4 Å². The zero-order valence-corrected chi connectivity index (χ0v) is 7.29. The molecule has 1 aromatic heterocycles. The largest absolute Gasteiger partial charge is 0.481 e. The van der Waals surface area contributed by atoms with Crippen molar-refractivity contribution in [3.8, 4) is 5.88 Å². The third-order valence-corrected chi connectivity index (χ3v) is 1.59. The number of nitrogens with two attached hydrogens (primary N) is 1. The van der Waals surface area contributed by atoms with E-state index >= 15 is 0 Å². The molecule has 0 radical (unpaired) electrons. The molecule has 0 fully saturated rings. The Labute approximate surface area is 71.7 Å². The fraction of sp³-hybridized carbons (Fsp3) is 0.375. The molecule has 4 nitrogen and oxygen atoms in total. The number of ether oxygens (including phenoxy) is 1. The minimum absolute atomic E-state index is 0.623. The number of nitrogens with one attached hydrogen (secondary N) is 1. The van der Waals surface area contributed by atoms with Crippen LogP contribution in [0.3, 0.4) is 0 Å². The summed E-state index contributed by atoms with van der Waals surface area (Å²) in [4.78, 5) is 4.10. The smallest absolute Gasteiger partial charge is 0.215 e. The zero-order chi connectivity index (χ0) is 8.97. The van der Waals surface area contributed by atoms with E-state index in [1.807, 2.05) is 13.0 Å². The van der Waals surface area contributed by atoms with Gasteiger partial charge in [-0.15, -0.1) is 0 Å². The number of hydrogen-bond acceptors (Lipinski definition) is 4. The second-order valence-electron chi connectivity index (χ2n) is 2.55. The number of pyridine rings is 1. The summed E-state index contributed by atoms with van der Waals surface area (Å²) in [6.45, 7) is 2.57. The Kier molecular flexibility index (Phi) is 3.01. The van der Waals surface area contributed by atoms with E-state index in [-0.39, 0.29) is 0 Å². The van der Waals surface area contributed by atoms with Gasteiger partial charge < -0.3 is 4.74 Å². The van der Waals surface area contributed by atoms with Crippen molar-refractivity contribution >= 4 is 0 Å². The van der Waals surface area contributed by atoms with Gasteiger partial charge in [-0.2, -0.15) is 0 Å². The van der Waals surface area contributed by atoms with Crippen LogP contribution in [0.1, 0.15) is 11.1 Å². The van der Waals surface area contributed by atoms with Crippen molar-refractivity contribution in [1.29, 1.82) is 0 Å². The lowest BCUT2D eigenvalue weighted by molar-refractivity contribution is 0.394. The zero-order valence-electron chi connectivity index (χ0n) is 7.29. The van der Waals surface area contributed by atoms with Crippen molar-refractivity contribution in [2.24, 2.45) is 5.84 Å². The molecule has 0 aliphatic rings. The Morgan fingerprint density at radius 2 is 2.42 bits per heavy atom. The van der Waals surface area contributed by atoms with Crippen LogP contribution in [0.4, 0.5) is 0 Å². The van der Waals surface area contributed by atoms with E-state index < -0.39 is 0 Å². The van der Waals surface area contributed by atoms with Crippen molar-refractivity contribution in [3.63, 3.8) is 0 Å². The van der Waals surface area contributed by atoms with Gasteiger partial charge in [0.2, 0.25) is 5.88 Å². The van der Waals surface area contributed by atoms with E-state index in [1.165, 1.54) is 0 Å². The van der Waals surface area contributed by atoms with Crippen LogP contribution in [0.15, 0.2) is 12.3 Å². The molecule has 0 aliphatic heterocycles. The summed E-state index contributed by atoms with van der Waals surface area (Å²) in [5.74, 6) is 5.83. The Morgan fingerprint density at radius 1 is 1.67 bits per heavy atom. The second-order valence-corrected chi connectivity index (χ2v) is 2.55. The van der Waals surface area contributed by atoms with Crippen molar-refractivity contribution < 1.29 is 4.74 Å². The number of aryl methyl sites for hydroxylation is 1. The highest BCUT2D eigenvalue weighted by Gasteiger charge is 1.99. The lowest BCUT2D eigenvalue weighted by atomic mass is 10.2. The number of hydrogen-bond donors (Lipinski definition) is 2. The maximum absolute atomic E-state index is 5.17. The molecule has 1 heterocycles. The van der Waals surface area contributed by atoms with E-state index in [9.17, 15) is 0 Å². The second kappa shape index (κ2) is 4.04. The molecule has 0 aromatic carbocycles. The predicted octanol–water partition coefficient (Wildman–Crippen LogP) is 0.362. The van der Waals surface area contributed by atoms with Crippen LogP contribution in [0, 0.1) is 6.92 Å². The summed E-state index contributed by atoms with van der Waals surface area (Å²) in [6.07, 6.45) is 1.74. The number of hydrazine groups is 1. The first-order valence-electron chi connectivity index (χ1n) is 3.71. The molecule has 0 bridgehead atoms. The minimum Gasteiger partial charge on any atom is -0.481 e. The highest BCUT2D eigenvalue weighted by Crippen LogP contribution is 2.13. The van der Waals surface area contributed by atoms with Crippen LogP contribution in [-0.2, 0) is 6.54 Å². The average molecular weight is 167 g/mol. The summed E-state index contributed by atoms with van der Waals surface area (Å²) < 4.78 is 5.02. The summed E-state index contributed by atoms with van der Waals surface area (Å²) in [6, 6.07) is 1.99. The number of methoxy groups -OCH3 is 1. The van der Waals surface area contributed by atoms with Crippen LogP contribution in [0.5, 0.6) is 5.88 Å². The molecule has 0 spiro atoms. The molecule has 0 saturated heterocycles. The monoisotopic (exact) mass is 167 g/mol. The maximum atomic E-state index is 5.17. The summed E-state index contributed by atoms with van der Waals surface area (Å²) in [7, 11) is 1.61. The van der Waals surface area contributed by atoms with E-state index in [0.29, 0.717) is 12.4 Å². The van der Waals surface area contributed by atoms with Gasteiger partial charge in [-0.25, -0.2) is 4.98 Å². The summed E-state index contributed by atoms with van der Waals surface area (Å²) in [5.41, 5.74) is 4.64. The molecule has 0 atom stereocenters. The maximum Gasteiger partial charge on any atom is 0.215 e. The van der Waals surface area contributed by atoms with Crippen LogP contribution >= 0.6 is 0 Å². The Bertz CT molecular complexity index is 262. The van der Waals surface area contributed by atoms with E-state index in [2.05, 4.69) is 10.4 Å². The molecule has 3 N–H and O–H groups in total. The summed E-state index contributed by atoms with van der Waals surface area (Å²) in [5, 5.41) is 0. The Hall–Kier alpha value is -1.13. The lowest BCUT2D eigenvalue weighted by Gasteiger charge is -2.05. The molecule has 1 rings (SSSR count). The molecule has 4 heteroatoms. The first-order valence-corrected chi connectivity index (χ1v) is 3.71. The van der Waals surface area contributed by atoms with Crippen LogP contribution in [-0.4, -0.2) is 12.1 Å². The lowest BCUT2D eigenvalue weighted by Crippen LogP contribution is -2.20. The molecule has 0 unspecified atom stereocenters. The minimum atomic E-state index is 0.623. The molecule has 0 amide bonds. The van der Waals surface area contributed by atoms with Gasteiger partial charge in [0, 0.05) is 18.3 Å². The van der Waals surface area contributed by atoms with Gasteiger partial charge in [-0.1, -0.05) is 0 Å². The van der Waals surface area contributed by atoms with Gasteiger partial charge in [0.15, 0.2) is 0 Å². The van der Waals surface area contributed by atoms with Gasteiger partial charge in [0.05, 0.1) is 7.11 Å². The van der Waals surface area contributed by atoms with Crippen LogP contribution < -0.4 is 16.0 Å². The number of nitrogens with zero attached hydrogens (tertiary/aromatic N) is 1. The molecule has 12 heavy (non-hydrogen) atoms. The molecule has 66 valence electrons. The number of aromatic nitrogens is 1. The summed E-state index contributed by atoms with van der Waals surface area (Å²) >= 11 is 0. The normalized spacial score (nSPS) is 9.92. The Morgan fingerprint density at radius 3 is 2.92 bits per heavy atom. The topological polar surface area (TPSA) is 60.2 Å². The molecule has 0 aliphatic carbocycles. The van der Waals surface area contributed by atoms with Crippen molar-refractivity contribution in [1.82, 2.24) is 10.4 Å². The highest BCUT2D eigenvalue weighted by atomic mass is 16.5. The standard InChI is InChI=1S/C8H13N3O/c1-6-3-7(5-11-9)4-10-8(6)12-2/h3-4,11H,5,9H2,1-2H3. The first-order chi connectivity index (χ1) is 5.77. The fourth-order valence-corrected chi connectivity index (χ4v) is 1.05. The molecular formula is C8H13N3O. The quantitative estimate of drug-likeness (QED) is 0.504. The third kappa shape index (κ3) is 1.93. The van der Waals surface area contributed by atoms with Crippen LogP contribution in [0.2, 0.25) is 0 Å². The third-order valence-electron chi connectivity index (χ3n) is 1.59. The number of rotatable bonds is 3. The van der Waals surface area contributed by atoms with Crippen LogP contribution in [0.25, 0.3) is 0 Å². The van der Waals surface area contributed by atoms with Gasteiger partial charge in [-0.05, 0) is 18.6 Å². The van der Waals surface area contributed by atoms with Crippen molar-refractivity contribution in [2.45, 2.75) is 13.5 Å². The Balaban J connectivity index is 2.86. The van der Waals surface area contributed by atoms with Gasteiger partial charge in [0.25, 0.3) is 0 Å².